The molecule has 0 amide bonds. The average molecular weight is 464 g/mol. The number of fused-ring (bicyclic) bond motifs is 2. The summed E-state index contributed by atoms with van der Waals surface area (Å²) in [5.74, 6) is -0.973. The first-order chi connectivity index (χ1) is 12.0. The summed E-state index contributed by atoms with van der Waals surface area (Å²) in [5, 5.41) is 21.9. The minimum Gasteiger partial charge on any atom is -0.545 e. The van der Waals surface area contributed by atoms with Crippen LogP contribution in [-0.4, -0.2) is 11.1 Å². The molecule has 0 atom stereocenters. The van der Waals surface area contributed by atoms with E-state index in [1.54, 1.807) is 30.3 Å². The van der Waals surface area contributed by atoms with Gasteiger partial charge in [0.15, 0.2) is 5.43 Å². The molecule has 0 bridgehead atoms. The first-order valence-corrected chi connectivity index (χ1v) is 7.55. The van der Waals surface area contributed by atoms with E-state index in [0.717, 1.165) is 0 Å². The number of aromatic carboxylic acids is 1. The van der Waals surface area contributed by atoms with Crippen LogP contribution in [0.4, 0.5) is 0 Å². The van der Waals surface area contributed by atoms with Gasteiger partial charge in [0.1, 0.15) is 17.1 Å². The first-order valence-electron chi connectivity index (χ1n) is 7.55. The van der Waals surface area contributed by atoms with E-state index in [1.807, 2.05) is 0 Å². The summed E-state index contributed by atoms with van der Waals surface area (Å²) in [6.07, 6.45) is 0. The molecule has 1 N–H and O–H groups in total. The molecule has 1 aliphatic heterocycles. The topological polar surface area (TPSA) is 90.6 Å². The Balaban J connectivity index is 0.00000196. The number of rotatable bonds is 2. The smallest absolute Gasteiger partial charge is 0.545 e. The summed E-state index contributed by atoms with van der Waals surface area (Å²) in [5.41, 5.74) is 1.83. The first kappa shape index (κ1) is 19.2. The Kier molecular flexibility index (Phi) is 5.61. The van der Waals surface area contributed by atoms with Gasteiger partial charge in [0.2, 0.25) is 0 Å². The predicted molar refractivity (Wildman–Crippen MR) is 90.5 cm³/mol. The molecular formula is C20H11CsO5. The monoisotopic (exact) mass is 464 g/mol. The Morgan fingerprint density at radius 1 is 0.962 bits per heavy atom. The van der Waals surface area contributed by atoms with Crippen LogP contribution in [0.5, 0.6) is 5.75 Å². The van der Waals surface area contributed by atoms with Gasteiger partial charge in [-0.05, 0) is 29.8 Å². The van der Waals surface area contributed by atoms with Crippen molar-refractivity contribution in [2.24, 2.45) is 0 Å². The number of hydrogen-bond acceptors (Lipinski definition) is 5. The van der Waals surface area contributed by atoms with E-state index < -0.39 is 5.97 Å². The van der Waals surface area contributed by atoms with Crippen molar-refractivity contribution in [2.45, 2.75) is 0 Å². The molecule has 1 aliphatic carbocycles. The van der Waals surface area contributed by atoms with Crippen LogP contribution in [0.25, 0.3) is 33.4 Å². The molecule has 0 fully saturated rings. The molecule has 1 heterocycles. The number of carbonyl (C=O) groups excluding carboxylic acids is 1. The van der Waals surface area contributed by atoms with Crippen LogP contribution in [0, 0.1) is 0 Å². The number of benzene rings is 3. The van der Waals surface area contributed by atoms with E-state index in [2.05, 4.69) is 0 Å². The van der Waals surface area contributed by atoms with Gasteiger partial charge >= 0.3 is 68.9 Å². The van der Waals surface area contributed by atoms with Crippen LogP contribution in [-0.2, 0) is 0 Å². The third-order valence-corrected chi connectivity index (χ3v) is 4.09. The summed E-state index contributed by atoms with van der Waals surface area (Å²) < 4.78 is 5.75. The van der Waals surface area contributed by atoms with Gasteiger partial charge < -0.3 is 19.4 Å². The number of carboxylic acid groups (broad SMARTS) is 1. The van der Waals surface area contributed by atoms with Crippen molar-refractivity contribution in [3.63, 3.8) is 0 Å². The molecule has 0 unspecified atom stereocenters. The standard InChI is InChI=1S/C20H12O5.Cs/c21-11-5-7-15-17(9-11)25-18-10-12(22)6-8-16(18)19(15)13-3-1-2-4-14(13)20(23)24;/h1-10,21H,(H,23,24);/q;+1/p-1. The van der Waals surface area contributed by atoms with Gasteiger partial charge in [-0.2, -0.15) is 0 Å². The van der Waals surface area contributed by atoms with Crippen LogP contribution in [0.3, 0.4) is 0 Å². The SMILES string of the molecule is O=C([O-])c1ccccc1-c1c2ccc(=O)cc-2oc2cc(O)ccc12.[Cs+]. The Bertz CT molecular complexity index is 1160. The number of phenols is 1. The van der Waals surface area contributed by atoms with E-state index in [-0.39, 0.29) is 85.6 Å². The fraction of sp³-hybridized carbons (Fsp3) is 0. The zero-order valence-corrected chi connectivity index (χ0v) is 20.1. The van der Waals surface area contributed by atoms with E-state index in [4.69, 9.17) is 4.42 Å². The molecule has 0 saturated heterocycles. The minimum atomic E-state index is -1.29. The Morgan fingerprint density at radius 2 is 1.73 bits per heavy atom. The molecular weight excluding hydrogens is 453 g/mol. The quantitative estimate of drug-likeness (QED) is 0.410. The maximum absolute atomic E-state index is 11.7. The molecule has 26 heavy (non-hydrogen) atoms. The van der Waals surface area contributed by atoms with Crippen molar-refractivity contribution < 1.29 is 88.3 Å². The molecule has 2 aromatic carbocycles. The van der Waals surface area contributed by atoms with Crippen molar-refractivity contribution in [1.29, 1.82) is 0 Å². The van der Waals surface area contributed by atoms with Crippen molar-refractivity contribution >= 4 is 16.9 Å². The molecule has 0 saturated carbocycles. The van der Waals surface area contributed by atoms with Gasteiger partial charge in [-0.3, -0.25) is 4.79 Å². The number of carboxylic acids is 1. The third-order valence-electron chi connectivity index (χ3n) is 4.09. The molecule has 4 rings (SSSR count). The van der Waals surface area contributed by atoms with E-state index in [0.29, 0.717) is 33.4 Å². The van der Waals surface area contributed by atoms with E-state index in [9.17, 15) is 19.8 Å². The van der Waals surface area contributed by atoms with Crippen molar-refractivity contribution in [1.82, 2.24) is 0 Å². The van der Waals surface area contributed by atoms with Crippen LogP contribution >= 0.6 is 0 Å². The summed E-state index contributed by atoms with van der Waals surface area (Å²) in [7, 11) is 0. The van der Waals surface area contributed by atoms with Gasteiger partial charge in [-0.25, -0.2) is 0 Å². The number of carbonyl (C=O) groups is 1. The van der Waals surface area contributed by atoms with Crippen LogP contribution in [0.2, 0.25) is 0 Å². The number of aromatic hydroxyl groups is 1. The third kappa shape index (κ3) is 3.36. The van der Waals surface area contributed by atoms with Gasteiger partial charge in [0.25, 0.3) is 0 Å². The van der Waals surface area contributed by atoms with Crippen LogP contribution < -0.4 is 79.4 Å². The minimum absolute atomic E-state index is 0. The molecule has 0 radical (unpaired) electrons. The van der Waals surface area contributed by atoms with Gasteiger partial charge in [0, 0.05) is 34.2 Å². The van der Waals surface area contributed by atoms with Crippen molar-refractivity contribution in [3.8, 4) is 28.2 Å². The second-order valence-corrected chi connectivity index (χ2v) is 5.65. The summed E-state index contributed by atoms with van der Waals surface area (Å²) in [4.78, 5) is 23.2. The molecule has 2 aromatic rings. The molecule has 6 heteroatoms. The summed E-state index contributed by atoms with van der Waals surface area (Å²) in [6, 6.07) is 15.4. The maximum Gasteiger partial charge on any atom is 1.00 e. The van der Waals surface area contributed by atoms with Crippen molar-refractivity contribution in [2.75, 3.05) is 0 Å². The molecule has 2 aliphatic rings. The Morgan fingerprint density at radius 3 is 2.50 bits per heavy atom. The largest absolute Gasteiger partial charge is 1.00 e. The Labute approximate surface area is 207 Å². The summed E-state index contributed by atoms with van der Waals surface area (Å²) >= 11 is 0. The van der Waals surface area contributed by atoms with Crippen molar-refractivity contribution in [3.05, 3.63) is 76.5 Å². The molecule has 0 spiro atoms. The van der Waals surface area contributed by atoms with E-state index in [1.165, 1.54) is 30.3 Å². The fourth-order valence-electron chi connectivity index (χ4n) is 3.03. The van der Waals surface area contributed by atoms with Gasteiger partial charge in [0.05, 0.1) is 5.97 Å². The zero-order chi connectivity index (χ0) is 17.6. The molecule has 0 aromatic heterocycles. The zero-order valence-electron chi connectivity index (χ0n) is 13.9. The fourth-order valence-corrected chi connectivity index (χ4v) is 3.03. The van der Waals surface area contributed by atoms with Crippen LogP contribution in [0.1, 0.15) is 10.4 Å². The second-order valence-electron chi connectivity index (χ2n) is 5.65. The number of phenolic OH excluding ortho intramolecular Hbond substituents is 1. The summed E-state index contributed by atoms with van der Waals surface area (Å²) in [6.45, 7) is 0. The average Bonchev–Trinajstić information content (AvgIpc) is 2.59. The molecule has 122 valence electrons. The maximum atomic E-state index is 11.7. The molecule has 5 nitrogen and oxygen atoms in total. The van der Waals surface area contributed by atoms with Gasteiger partial charge in [-0.1, -0.05) is 24.3 Å². The number of hydrogen-bond donors (Lipinski definition) is 1. The van der Waals surface area contributed by atoms with Crippen LogP contribution in [0.15, 0.2) is 69.9 Å². The second kappa shape index (κ2) is 7.60. The normalized spacial score (nSPS) is 10.6. The Hall–Kier alpha value is -1.55. The van der Waals surface area contributed by atoms with E-state index >= 15 is 0 Å². The predicted octanol–water partition coefficient (Wildman–Crippen LogP) is -0.362. The van der Waals surface area contributed by atoms with Gasteiger partial charge in [-0.15, -0.1) is 0 Å².